The van der Waals surface area contributed by atoms with Crippen LogP contribution in [0, 0.1) is 0 Å². The summed E-state index contributed by atoms with van der Waals surface area (Å²) in [6.45, 7) is 0. The van der Waals surface area contributed by atoms with Gasteiger partial charge in [-0.2, -0.15) is 0 Å². The first-order valence-corrected chi connectivity index (χ1v) is 7.31. The zero-order chi connectivity index (χ0) is 17.3. The number of methoxy groups -OCH3 is 3. The van der Waals surface area contributed by atoms with E-state index in [0.717, 1.165) is 16.2 Å². The van der Waals surface area contributed by atoms with Crippen LogP contribution in [-0.2, 0) is 9.47 Å². The first-order chi connectivity index (χ1) is 11.6. The fraction of sp³-hybridized carbons (Fsp3) is 0.158. The molecular weight excluding hydrogens is 308 g/mol. The fourth-order valence-corrected chi connectivity index (χ4v) is 2.92. The van der Waals surface area contributed by atoms with E-state index >= 15 is 0 Å². The Morgan fingerprint density at radius 1 is 0.750 bits per heavy atom. The van der Waals surface area contributed by atoms with Crippen molar-refractivity contribution in [1.29, 1.82) is 0 Å². The lowest BCUT2D eigenvalue weighted by atomic mass is 9.94. The van der Waals surface area contributed by atoms with Crippen molar-refractivity contribution in [3.05, 3.63) is 53.6 Å². The third-order valence-electron chi connectivity index (χ3n) is 4.02. The topological polar surface area (TPSA) is 61.8 Å². The van der Waals surface area contributed by atoms with Crippen molar-refractivity contribution < 1.29 is 23.8 Å². The van der Waals surface area contributed by atoms with Gasteiger partial charge >= 0.3 is 11.9 Å². The van der Waals surface area contributed by atoms with Crippen LogP contribution in [0.25, 0.3) is 21.5 Å². The first kappa shape index (κ1) is 15.8. The summed E-state index contributed by atoms with van der Waals surface area (Å²) in [5, 5.41) is 3.27. The minimum absolute atomic E-state index is 0.161. The Bertz CT molecular complexity index is 959. The second-order valence-corrected chi connectivity index (χ2v) is 5.19. The molecule has 5 nitrogen and oxygen atoms in total. The van der Waals surface area contributed by atoms with Gasteiger partial charge in [0, 0.05) is 10.8 Å². The van der Waals surface area contributed by atoms with E-state index in [9.17, 15) is 9.59 Å². The molecule has 0 aliphatic carbocycles. The number of esters is 2. The van der Waals surface area contributed by atoms with Gasteiger partial charge in [0.05, 0.1) is 32.5 Å². The summed E-state index contributed by atoms with van der Waals surface area (Å²) in [5.74, 6) is -0.576. The molecular formula is C19H16O5. The summed E-state index contributed by atoms with van der Waals surface area (Å²) in [4.78, 5) is 24.4. The van der Waals surface area contributed by atoms with Crippen molar-refractivity contribution >= 4 is 33.5 Å². The van der Waals surface area contributed by atoms with Gasteiger partial charge in [-0.25, -0.2) is 9.59 Å². The number of carbonyl (C=O) groups excluding carboxylic acids is 2. The highest BCUT2D eigenvalue weighted by molar-refractivity contribution is 6.19. The molecule has 0 spiro atoms. The van der Waals surface area contributed by atoms with E-state index in [-0.39, 0.29) is 11.1 Å². The predicted octanol–water partition coefficient (Wildman–Crippen LogP) is 3.57. The van der Waals surface area contributed by atoms with Crippen molar-refractivity contribution in [2.24, 2.45) is 0 Å². The van der Waals surface area contributed by atoms with E-state index < -0.39 is 11.9 Å². The first-order valence-electron chi connectivity index (χ1n) is 7.31. The Balaban J connectivity index is 2.51. The van der Waals surface area contributed by atoms with Gasteiger partial charge in [0.15, 0.2) is 0 Å². The lowest BCUT2D eigenvalue weighted by Crippen LogP contribution is -2.12. The quantitative estimate of drug-likeness (QED) is 0.544. The molecule has 0 aliphatic heterocycles. The molecule has 0 aromatic heterocycles. The van der Waals surface area contributed by atoms with Crippen molar-refractivity contribution in [3.63, 3.8) is 0 Å². The average molecular weight is 324 g/mol. The molecule has 3 rings (SSSR count). The molecule has 24 heavy (non-hydrogen) atoms. The maximum atomic E-state index is 12.3. The van der Waals surface area contributed by atoms with E-state index in [1.807, 2.05) is 24.3 Å². The predicted molar refractivity (Wildman–Crippen MR) is 90.7 cm³/mol. The highest BCUT2D eigenvalue weighted by atomic mass is 16.5. The molecule has 0 radical (unpaired) electrons. The molecule has 0 fully saturated rings. The molecule has 0 bridgehead atoms. The molecule has 5 heteroatoms. The number of fused-ring (bicyclic) bond motifs is 3. The fourth-order valence-electron chi connectivity index (χ4n) is 2.92. The summed E-state index contributed by atoms with van der Waals surface area (Å²) < 4.78 is 15.1. The molecule has 0 aliphatic rings. The second-order valence-electron chi connectivity index (χ2n) is 5.19. The Labute approximate surface area is 138 Å². The van der Waals surface area contributed by atoms with Gasteiger partial charge in [0.1, 0.15) is 5.75 Å². The van der Waals surface area contributed by atoms with Crippen LogP contribution >= 0.6 is 0 Å². The second kappa shape index (κ2) is 6.20. The van der Waals surface area contributed by atoms with Gasteiger partial charge in [-0.1, -0.05) is 30.3 Å². The van der Waals surface area contributed by atoms with Crippen LogP contribution in [0.5, 0.6) is 5.75 Å². The van der Waals surface area contributed by atoms with E-state index in [2.05, 4.69) is 0 Å². The van der Waals surface area contributed by atoms with Crippen LogP contribution in [0.4, 0.5) is 0 Å². The molecule has 122 valence electrons. The molecule has 0 unspecified atom stereocenters. The zero-order valence-electron chi connectivity index (χ0n) is 13.6. The summed E-state index contributed by atoms with van der Waals surface area (Å²) in [6, 6.07) is 12.8. The van der Waals surface area contributed by atoms with Crippen molar-refractivity contribution in [2.75, 3.05) is 21.3 Å². The lowest BCUT2D eigenvalue weighted by Gasteiger charge is -2.14. The van der Waals surface area contributed by atoms with Crippen molar-refractivity contribution in [1.82, 2.24) is 0 Å². The molecule has 3 aromatic carbocycles. The summed E-state index contributed by atoms with van der Waals surface area (Å²) in [5.41, 5.74) is 0.333. The molecule has 0 saturated heterocycles. The third-order valence-corrected chi connectivity index (χ3v) is 4.02. The summed E-state index contributed by atoms with van der Waals surface area (Å²) in [6.07, 6.45) is 0. The van der Waals surface area contributed by atoms with E-state index in [1.54, 1.807) is 25.3 Å². The van der Waals surface area contributed by atoms with Gasteiger partial charge in [0.2, 0.25) is 0 Å². The number of carbonyl (C=O) groups is 2. The van der Waals surface area contributed by atoms with Crippen molar-refractivity contribution in [3.8, 4) is 5.75 Å². The lowest BCUT2D eigenvalue weighted by molar-refractivity contribution is 0.0557. The monoisotopic (exact) mass is 324 g/mol. The minimum atomic E-state index is -0.599. The molecule has 0 atom stereocenters. The standard InChI is InChI=1S/C19H16O5/c1-22-16-10-15-12(11-6-4-5-7-13(11)16)8-9-14(18(20)23-2)17(15)19(21)24-3/h4-10H,1-3H3. The summed E-state index contributed by atoms with van der Waals surface area (Å²) in [7, 11) is 4.12. The van der Waals surface area contributed by atoms with Gasteiger partial charge in [0.25, 0.3) is 0 Å². The van der Waals surface area contributed by atoms with E-state index in [4.69, 9.17) is 14.2 Å². The van der Waals surface area contributed by atoms with Gasteiger partial charge in [-0.3, -0.25) is 0 Å². The Morgan fingerprint density at radius 3 is 2.00 bits per heavy atom. The molecule has 0 amide bonds. The smallest absolute Gasteiger partial charge is 0.339 e. The Morgan fingerprint density at radius 2 is 1.38 bits per heavy atom. The van der Waals surface area contributed by atoms with Gasteiger partial charge in [-0.15, -0.1) is 0 Å². The summed E-state index contributed by atoms with van der Waals surface area (Å²) >= 11 is 0. The molecule has 0 N–H and O–H groups in total. The Hall–Kier alpha value is -3.08. The largest absolute Gasteiger partial charge is 0.496 e. The zero-order valence-corrected chi connectivity index (χ0v) is 13.6. The molecule has 0 saturated carbocycles. The van der Waals surface area contributed by atoms with E-state index in [1.165, 1.54) is 14.2 Å². The average Bonchev–Trinajstić information content (AvgIpc) is 2.64. The SMILES string of the molecule is COC(=O)c1ccc2c(cc(OC)c3ccccc32)c1C(=O)OC. The van der Waals surface area contributed by atoms with Crippen LogP contribution in [0.15, 0.2) is 42.5 Å². The van der Waals surface area contributed by atoms with Gasteiger partial charge < -0.3 is 14.2 Å². The normalized spacial score (nSPS) is 10.6. The Kier molecular flexibility index (Phi) is 4.08. The van der Waals surface area contributed by atoms with Crippen LogP contribution in [-0.4, -0.2) is 33.3 Å². The van der Waals surface area contributed by atoms with Gasteiger partial charge in [-0.05, 0) is 22.9 Å². The molecule has 0 heterocycles. The maximum absolute atomic E-state index is 12.3. The third kappa shape index (κ3) is 2.34. The number of ether oxygens (including phenoxy) is 3. The van der Waals surface area contributed by atoms with Crippen molar-refractivity contribution in [2.45, 2.75) is 0 Å². The number of benzene rings is 3. The highest BCUT2D eigenvalue weighted by Crippen LogP contribution is 2.36. The van der Waals surface area contributed by atoms with Crippen LogP contribution in [0.2, 0.25) is 0 Å². The molecule has 3 aromatic rings. The van der Waals surface area contributed by atoms with E-state index in [0.29, 0.717) is 11.1 Å². The number of rotatable bonds is 3. The highest BCUT2D eigenvalue weighted by Gasteiger charge is 2.23. The maximum Gasteiger partial charge on any atom is 0.339 e. The number of hydrogen-bond acceptors (Lipinski definition) is 5. The van der Waals surface area contributed by atoms with Crippen LogP contribution in [0.1, 0.15) is 20.7 Å². The van der Waals surface area contributed by atoms with Crippen LogP contribution < -0.4 is 4.74 Å². The minimum Gasteiger partial charge on any atom is -0.496 e. The van der Waals surface area contributed by atoms with Crippen LogP contribution in [0.3, 0.4) is 0 Å². The number of hydrogen-bond donors (Lipinski definition) is 0.